The highest BCUT2D eigenvalue weighted by Gasteiger charge is 2.16. The predicted octanol–water partition coefficient (Wildman–Crippen LogP) is 3.28. The molecule has 0 saturated heterocycles. The van der Waals surface area contributed by atoms with Crippen molar-refractivity contribution in [1.29, 1.82) is 0 Å². The minimum absolute atomic E-state index is 0.0938. The van der Waals surface area contributed by atoms with Gasteiger partial charge in [0.1, 0.15) is 5.69 Å². The standard InChI is InChI=1S/C16H17N5O2S/c1-9(2)21-13(6-7-17-21)15(23)20-16-19-12-5-4-11(18-10(3)22)8-14(12)24-16/h4-9H,1-3H3,(H,18,22)(H,19,20,23). The van der Waals surface area contributed by atoms with Gasteiger partial charge in [0.25, 0.3) is 5.91 Å². The number of amides is 2. The molecule has 3 rings (SSSR count). The molecule has 8 heteroatoms. The maximum absolute atomic E-state index is 12.4. The minimum Gasteiger partial charge on any atom is -0.326 e. The van der Waals surface area contributed by atoms with E-state index in [1.165, 1.54) is 18.3 Å². The van der Waals surface area contributed by atoms with Gasteiger partial charge in [-0.05, 0) is 38.1 Å². The monoisotopic (exact) mass is 343 g/mol. The second kappa shape index (κ2) is 6.40. The molecule has 1 aromatic carbocycles. The van der Waals surface area contributed by atoms with Gasteiger partial charge in [0.15, 0.2) is 5.13 Å². The van der Waals surface area contributed by atoms with Gasteiger partial charge in [0.05, 0.1) is 10.2 Å². The van der Waals surface area contributed by atoms with Crippen LogP contribution in [-0.4, -0.2) is 26.6 Å². The zero-order valence-corrected chi connectivity index (χ0v) is 14.3. The molecule has 0 radical (unpaired) electrons. The SMILES string of the molecule is CC(=O)Nc1ccc2nc(NC(=O)c3ccnn3C(C)C)sc2c1. The largest absolute Gasteiger partial charge is 0.326 e. The van der Waals surface area contributed by atoms with Crippen LogP contribution in [0.2, 0.25) is 0 Å². The molecule has 7 nitrogen and oxygen atoms in total. The fourth-order valence-electron chi connectivity index (χ4n) is 2.33. The summed E-state index contributed by atoms with van der Waals surface area (Å²) in [5.74, 6) is -0.378. The molecule has 0 atom stereocenters. The number of hydrogen-bond donors (Lipinski definition) is 2. The van der Waals surface area contributed by atoms with E-state index in [-0.39, 0.29) is 17.9 Å². The summed E-state index contributed by atoms with van der Waals surface area (Å²) in [4.78, 5) is 28.0. The van der Waals surface area contributed by atoms with Crippen LogP contribution >= 0.6 is 11.3 Å². The highest BCUT2D eigenvalue weighted by atomic mass is 32.1. The number of fused-ring (bicyclic) bond motifs is 1. The molecular weight excluding hydrogens is 326 g/mol. The molecule has 124 valence electrons. The summed E-state index contributed by atoms with van der Waals surface area (Å²) >= 11 is 1.35. The summed E-state index contributed by atoms with van der Waals surface area (Å²) in [5.41, 5.74) is 1.96. The molecule has 24 heavy (non-hydrogen) atoms. The van der Waals surface area contributed by atoms with Gasteiger partial charge >= 0.3 is 0 Å². The van der Waals surface area contributed by atoms with E-state index in [0.29, 0.717) is 16.5 Å². The van der Waals surface area contributed by atoms with E-state index in [2.05, 4.69) is 20.7 Å². The normalized spacial score (nSPS) is 11.0. The molecular formula is C16H17N5O2S. The molecule has 0 bridgehead atoms. The molecule has 0 aliphatic heterocycles. The van der Waals surface area contributed by atoms with Gasteiger partial charge in [-0.25, -0.2) is 4.98 Å². The number of nitrogens with one attached hydrogen (secondary N) is 2. The van der Waals surface area contributed by atoms with Gasteiger partial charge in [-0.1, -0.05) is 11.3 Å². The Kier molecular flexibility index (Phi) is 4.30. The molecule has 2 aromatic heterocycles. The zero-order valence-electron chi connectivity index (χ0n) is 13.5. The van der Waals surface area contributed by atoms with E-state index in [0.717, 1.165) is 10.2 Å². The molecule has 3 aromatic rings. The number of nitrogens with zero attached hydrogens (tertiary/aromatic N) is 3. The van der Waals surface area contributed by atoms with Crippen LogP contribution < -0.4 is 10.6 Å². The van der Waals surface area contributed by atoms with Crippen molar-refractivity contribution in [3.63, 3.8) is 0 Å². The Bertz CT molecular complexity index is 912. The summed E-state index contributed by atoms with van der Waals surface area (Å²) in [6.45, 7) is 5.39. The van der Waals surface area contributed by atoms with Crippen molar-refractivity contribution in [3.05, 3.63) is 36.2 Å². The van der Waals surface area contributed by atoms with Crippen molar-refractivity contribution in [2.75, 3.05) is 10.6 Å². The van der Waals surface area contributed by atoms with Crippen LogP contribution in [0.15, 0.2) is 30.5 Å². The fraction of sp³-hybridized carbons (Fsp3) is 0.250. The van der Waals surface area contributed by atoms with Crippen LogP contribution in [0, 0.1) is 0 Å². The van der Waals surface area contributed by atoms with Crippen molar-refractivity contribution in [1.82, 2.24) is 14.8 Å². The summed E-state index contributed by atoms with van der Waals surface area (Å²) < 4.78 is 2.55. The Balaban J connectivity index is 1.83. The lowest BCUT2D eigenvalue weighted by molar-refractivity contribution is -0.114. The van der Waals surface area contributed by atoms with E-state index in [4.69, 9.17) is 0 Å². The Morgan fingerprint density at radius 1 is 1.21 bits per heavy atom. The van der Waals surface area contributed by atoms with Gasteiger partial charge in [0.2, 0.25) is 5.91 Å². The summed E-state index contributed by atoms with van der Waals surface area (Å²) in [6, 6.07) is 7.20. The lowest BCUT2D eigenvalue weighted by Gasteiger charge is -2.09. The molecule has 0 aliphatic carbocycles. The molecule has 0 fully saturated rings. The van der Waals surface area contributed by atoms with E-state index >= 15 is 0 Å². The lowest BCUT2D eigenvalue weighted by Crippen LogP contribution is -2.18. The molecule has 0 unspecified atom stereocenters. The zero-order chi connectivity index (χ0) is 17.3. The highest BCUT2D eigenvalue weighted by Crippen LogP contribution is 2.28. The summed E-state index contributed by atoms with van der Waals surface area (Å²) in [6.07, 6.45) is 1.60. The summed E-state index contributed by atoms with van der Waals surface area (Å²) in [7, 11) is 0. The number of carbonyl (C=O) groups is 2. The lowest BCUT2D eigenvalue weighted by atomic mass is 10.3. The van der Waals surface area contributed by atoms with E-state index in [1.807, 2.05) is 26.0 Å². The molecule has 2 heterocycles. The second-order valence-corrected chi connectivity index (χ2v) is 6.62. The van der Waals surface area contributed by atoms with Gasteiger partial charge in [-0.2, -0.15) is 5.10 Å². The number of aromatic nitrogens is 3. The van der Waals surface area contributed by atoms with Crippen LogP contribution in [-0.2, 0) is 4.79 Å². The van der Waals surface area contributed by atoms with Gasteiger partial charge < -0.3 is 5.32 Å². The third kappa shape index (κ3) is 3.28. The third-order valence-corrected chi connectivity index (χ3v) is 4.25. The van der Waals surface area contributed by atoms with Gasteiger partial charge in [-0.15, -0.1) is 0 Å². The molecule has 2 N–H and O–H groups in total. The number of anilines is 2. The Hall–Kier alpha value is -2.74. The quantitative estimate of drug-likeness (QED) is 0.761. The molecule has 2 amide bonds. The average Bonchev–Trinajstić information content (AvgIpc) is 3.11. The Labute approximate surface area is 142 Å². The van der Waals surface area contributed by atoms with Gasteiger partial charge in [0, 0.05) is 24.8 Å². The van der Waals surface area contributed by atoms with E-state index in [1.54, 1.807) is 23.0 Å². The number of rotatable bonds is 4. The number of carbonyl (C=O) groups excluding carboxylic acids is 2. The van der Waals surface area contributed by atoms with Crippen molar-refractivity contribution in [2.24, 2.45) is 0 Å². The number of thiazole rings is 1. The van der Waals surface area contributed by atoms with E-state index < -0.39 is 0 Å². The Morgan fingerprint density at radius 3 is 2.71 bits per heavy atom. The highest BCUT2D eigenvalue weighted by molar-refractivity contribution is 7.22. The molecule has 0 saturated carbocycles. The minimum atomic E-state index is -0.248. The van der Waals surface area contributed by atoms with Crippen molar-refractivity contribution >= 4 is 44.2 Å². The van der Waals surface area contributed by atoms with Gasteiger partial charge in [-0.3, -0.25) is 19.6 Å². The first-order valence-corrected chi connectivity index (χ1v) is 8.28. The van der Waals surface area contributed by atoms with Crippen molar-refractivity contribution < 1.29 is 9.59 Å². The summed E-state index contributed by atoms with van der Waals surface area (Å²) in [5, 5.41) is 10.2. The second-order valence-electron chi connectivity index (χ2n) is 5.59. The smallest absolute Gasteiger partial charge is 0.275 e. The first kappa shape index (κ1) is 16.1. The third-order valence-electron chi connectivity index (χ3n) is 3.32. The van der Waals surface area contributed by atoms with Crippen LogP contribution in [0.3, 0.4) is 0 Å². The first-order chi connectivity index (χ1) is 11.4. The maximum atomic E-state index is 12.4. The van der Waals surface area contributed by atoms with Crippen molar-refractivity contribution in [3.8, 4) is 0 Å². The van der Waals surface area contributed by atoms with Crippen LogP contribution in [0.1, 0.15) is 37.3 Å². The van der Waals surface area contributed by atoms with Crippen LogP contribution in [0.5, 0.6) is 0 Å². The van der Waals surface area contributed by atoms with Crippen LogP contribution in [0.25, 0.3) is 10.2 Å². The maximum Gasteiger partial charge on any atom is 0.275 e. The topological polar surface area (TPSA) is 88.9 Å². The average molecular weight is 343 g/mol. The molecule has 0 spiro atoms. The first-order valence-electron chi connectivity index (χ1n) is 7.47. The number of hydrogen-bond acceptors (Lipinski definition) is 5. The van der Waals surface area contributed by atoms with E-state index in [9.17, 15) is 9.59 Å². The van der Waals surface area contributed by atoms with Crippen LogP contribution in [0.4, 0.5) is 10.8 Å². The number of benzene rings is 1. The predicted molar refractivity (Wildman–Crippen MR) is 94.5 cm³/mol. The Morgan fingerprint density at radius 2 is 2.00 bits per heavy atom. The fourth-order valence-corrected chi connectivity index (χ4v) is 3.23. The molecule has 0 aliphatic rings. The van der Waals surface area contributed by atoms with Crippen molar-refractivity contribution in [2.45, 2.75) is 26.8 Å².